The summed E-state index contributed by atoms with van der Waals surface area (Å²) in [6.45, 7) is 1.17. The SMILES string of the molecule is O=C(Cc1ccc2c(c1)OCCO2)NNC(=O)c1ccc(COc2ccccc2)o1. The third-order valence-corrected chi connectivity index (χ3v) is 4.30. The van der Waals surface area contributed by atoms with Gasteiger partial charge >= 0.3 is 5.91 Å². The van der Waals surface area contributed by atoms with Crippen molar-refractivity contribution >= 4 is 11.8 Å². The van der Waals surface area contributed by atoms with Crippen molar-refractivity contribution < 1.29 is 28.2 Å². The van der Waals surface area contributed by atoms with E-state index in [1.165, 1.54) is 6.07 Å². The van der Waals surface area contributed by atoms with E-state index in [2.05, 4.69) is 10.9 Å². The predicted molar refractivity (Wildman–Crippen MR) is 106 cm³/mol. The van der Waals surface area contributed by atoms with Crippen LogP contribution in [0.2, 0.25) is 0 Å². The van der Waals surface area contributed by atoms with Crippen LogP contribution in [-0.2, 0) is 17.8 Å². The van der Waals surface area contributed by atoms with Gasteiger partial charge in [0.05, 0.1) is 6.42 Å². The highest BCUT2D eigenvalue weighted by Gasteiger charge is 2.15. The van der Waals surface area contributed by atoms with Gasteiger partial charge in [-0.3, -0.25) is 20.4 Å². The third kappa shape index (κ3) is 4.91. The first-order chi connectivity index (χ1) is 14.7. The minimum atomic E-state index is -0.559. The highest BCUT2D eigenvalue weighted by Crippen LogP contribution is 2.30. The average molecular weight is 408 g/mol. The third-order valence-electron chi connectivity index (χ3n) is 4.30. The fourth-order valence-corrected chi connectivity index (χ4v) is 2.86. The number of furan rings is 1. The van der Waals surface area contributed by atoms with Gasteiger partial charge < -0.3 is 18.6 Å². The standard InChI is InChI=1S/C22H20N2O6/c25-21(13-15-6-8-18-20(12-15)28-11-10-27-18)23-24-22(26)19-9-7-17(30-19)14-29-16-4-2-1-3-5-16/h1-9,12H,10-11,13-14H2,(H,23,25)(H,24,26). The van der Waals surface area contributed by atoms with Gasteiger partial charge in [0, 0.05) is 0 Å². The maximum absolute atomic E-state index is 12.2. The summed E-state index contributed by atoms with van der Waals surface area (Å²) >= 11 is 0. The van der Waals surface area contributed by atoms with E-state index in [1.807, 2.05) is 30.3 Å². The summed E-state index contributed by atoms with van der Waals surface area (Å²) in [5.74, 6) is 1.59. The smallest absolute Gasteiger partial charge is 0.305 e. The fraction of sp³-hybridized carbons (Fsp3) is 0.182. The molecule has 0 bridgehead atoms. The molecule has 8 nitrogen and oxygen atoms in total. The van der Waals surface area contributed by atoms with Crippen LogP contribution in [0.25, 0.3) is 0 Å². The number of hydrogen-bond donors (Lipinski definition) is 2. The van der Waals surface area contributed by atoms with Gasteiger partial charge in [-0.15, -0.1) is 0 Å². The van der Waals surface area contributed by atoms with E-state index in [0.29, 0.717) is 36.2 Å². The van der Waals surface area contributed by atoms with E-state index in [-0.39, 0.29) is 24.7 Å². The van der Waals surface area contributed by atoms with Gasteiger partial charge in [-0.2, -0.15) is 0 Å². The lowest BCUT2D eigenvalue weighted by atomic mass is 10.1. The number of carbonyl (C=O) groups is 2. The van der Waals surface area contributed by atoms with E-state index < -0.39 is 5.91 Å². The Kier molecular flexibility index (Phi) is 5.84. The highest BCUT2D eigenvalue weighted by atomic mass is 16.6. The largest absolute Gasteiger partial charge is 0.486 e. The molecule has 0 saturated carbocycles. The van der Waals surface area contributed by atoms with E-state index in [4.69, 9.17) is 18.6 Å². The normalized spacial score (nSPS) is 12.1. The molecule has 0 unspecified atom stereocenters. The molecule has 1 aliphatic heterocycles. The molecule has 4 rings (SSSR count). The second-order valence-corrected chi connectivity index (χ2v) is 6.52. The minimum Gasteiger partial charge on any atom is -0.486 e. The maximum Gasteiger partial charge on any atom is 0.305 e. The molecule has 2 N–H and O–H groups in total. The number of fused-ring (bicyclic) bond motifs is 1. The number of amides is 2. The summed E-state index contributed by atoms with van der Waals surface area (Å²) in [6, 6.07) is 17.7. The summed E-state index contributed by atoms with van der Waals surface area (Å²) in [5, 5.41) is 0. The van der Waals surface area contributed by atoms with Gasteiger partial charge in [-0.05, 0) is 42.0 Å². The summed E-state index contributed by atoms with van der Waals surface area (Å²) in [4.78, 5) is 24.3. The molecule has 154 valence electrons. The van der Waals surface area contributed by atoms with Gasteiger partial charge in [0.2, 0.25) is 5.91 Å². The molecule has 1 aromatic heterocycles. The number of nitrogens with one attached hydrogen (secondary N) is 2. The van der Waals surface area contributed by atoms with Gasteiger partial charge in [0.15, 0.2) is 17.3 Å². The number of ether oxygens (including phenoxy) is 3. The molecule has 2 amide bonds. The van der Waals surface area contributed by atoms with E-state index in [1.54, 1.807) is 24.3 Å². The summed E-state index contributed by atoms with van der Waals surface area (Å²) in [6.07, 6.45) is 0.0746. The van der Waals surface area contributed by atoms with Crippen molar-refractivity contribution in [2.24, 2.45) is 0 Å². The van der Waals surface area contributed by atoms with Gasteiger partial charge in [-0.25, -0.2) is 0 Å². The van der Waals surface area contributed by atoms with E-state index in [9.17, 15) is 9.59 Å². The minimum absolute atomic E-state index is 0.0706. The van der Waals surface area contributed by atoms with E-state index >= 15 is 0 Å². The Bertz CT molecular complexity index is 1030. The Balaban J connectivity index is 1.25. The Labute approximate surface area is 172 Å². The van der Waals surface area contributed by atoms with Crippen LogP contribution >= 0.6 is 0 Å². The summed E-state index contributed by atoms with van der Waals surface area (Å²) in [5.41, 5.74) is 5.45. The molecular weight excluding hydrogens is 388 g/mol. The first kappa shape index (κ1) is 19.4. The lowest BCUT2D eigenvalue weighted by Gasteiger charge is -2.18. The first-order valence-electron chi connectivity index (χ1n) is 9.41. The zero-order valence-electron chi connectivity index (χ0n) is 16.1. The number of para-hydroxylation sites is 1. The van der Waals surface area contributed by atoms with Crippen LogP contribution in [0, 0.1) is 0 Å². The highest BCUT2D eigenvalue weighted by molar-refractivity contribution is 5.93. The van der Waals surface area contributed by atoms with Crippen LogP contribution in [0.3, 0.4) is 0 Å². The average Bonchev–Trinajstić information content (AvgIpc) is 3.26. The fourth-order valence-electron chi connectivity index (χ4n) is 2.86. The molecule has 2 heterocycles. The van der Waals surface area contributed by atoms with Crippen molar-refractivity contribution in [2.75, 3.05) is 13.2 Å². The lowest BCUT2D eigenvalue weighted by Crippen LogP contribution is -2.42. The summed E-state index contributed by atoms with van der Waals surface area (Å²) in [7, 11) is 0. The molecule has 8 heteroatoms. The monoisotopic (exact) mass is 408 g/mol. The van der Waals surface area contributed by atoms with Crippen LogP contribution in [0.15, 0.2) is 65.1 Å². The maximum atomic E-state index is 12.2. The van der Waals surface area contributed by atoms with Crippen molar-refractivity contribution in [2.45, 2.75) is 13.0 Å². The van der Waals surface area contributed by atoms with Gasteiger partial charge in [-0.1, -0.05) is 24.3 Å². The predicted octanol–water partition coefficient (Wildman–Crippen LogP) is 2.63. The molecule has 30 heavy (non-hydrogen) atoms. The number of rotatable bonds is 6. The molecular formula is C22H20N2O6. The molecule has 0 fully saturated rings. The van der Waals surface area contributed by atoms with Crippen molar-refractivity contribution in [1.82, 2.24) is 10.9 Å². The molecule has 1 aliphatic rings. The lowest BCUT2D eigenvalue weighted by molar-refractivity contribution is -0.121. The van der Waals surface area contributed by atoms with Crippen molar-refractivity contribution in [3.05, 3.63) is 77.7 Å². The zero-order valence-corrected chi connectivity index (χ0v) is 16.1. The molecule has 0 spiro atoms. The number of hydrazine groups is 1. The Morgan fingerprint density at radius 3 is 2.53 bits per heavy atom. The molecule has 3 aromatic rings. The van der Waals surface area contributed by atoms with Gasteiger partial charge in [0.25, 0.3) is 0 Å². The second kappa shape index (κ2) is 9.04. The molecule has 0 atom stereocenters. The quantitative estimate of drug-likeness (QED) is 0.609. The Morgan fingerprint density at radius 1 is 0.900 bits per heavy atom. The topological polar surface area (TPSA) is 99.0 Å². The Hall–Kier alpha value is -3.94. The number of hydrogen-bond acceptors (Lipinski definition) is 6. The van der Waals surface area contributed by atoms with Crippen LogP contribution in [0.1, 0.15) is 21.9 Å². The second-order valence-electron chi connectivity index (χ2n) is 6.52. The van der Waals surface area contributed by atoms with E-state index in [0.717, 1.165) is 5.56 Å². The van der Waals surface area contributed by atoms with Gasteiger partial charge in [0.1, 0.15) is 31.3 Å². The van der Waals surface area contributed by atoms with Crippen molar-refractivity contribution in [3.8, 4) is 17.2 Å². The molecule has 2 aromatic carbocycles. The first-order valence-corrected chi connectivity index (χ1v) is 9.41. The molecule has 0 saturated heterocycles. The van der Waals surface area contributed by atoms with Crippen molar-refractivity contribution in [1.29, 1.82) is 0 Å². The molecule has 0 aliphatic carbocycles. The van der Waals surface area contributed by atoms with Crippen LogP contribution < -0.4 is 25.1 Å². The zero-order chi connectivity index (χ0) is 20.8. The van der Waals surface area contributed by atoms with Crippen LogP contribution in [0.4, 0.5) is 0 Å². The Morgan fingerprint density at radius 2 is 1.70 bits per heavy atom. The van der Waals surface area contributed by atoms with Crippen LogP contribution in [-0.4, -0.2) is 25.0 Å². The molecule has 0 radical (unpaired) electrons. The summed E-state index contributed by atoms with van der Waals surface area (Å²) < 4.78 is 22.0. The van der Waals surface area contributed by atoms with Crippen molar-refractivity contribution in [3.63, 3.8) is 0 Å². The number of benzene rings is 2. The van der Waals surface area contributed by atoms with Crippen LogP contribution in [0.5, 0.6) is 17.2 Å². The number of carbonyl (C=O) groups excluding carboxylic acids is 2.